The number of nitrogens with zero attached hydrogens (tertiary/aromatic N) is 1. The van der Waals surface area contributed by atoms with Crippen LogP contribution in [0.3, 0.4) is 0 Å². The van der Waals surface area contributed by atoms with Gasteiger partial charge in [-0.2, -0.15) is 0 Å². The molecule has 1 atom stereocenters. The monoisotopic (exact) mass is 290 g/mol. The van der Waals surface area contributed by atoms with Crippen LogP contribution in [-0.4, -0.2) is 30.7 Å². The lowest BCUT2D eigenvalue weighted by atomic mass is 9.97. The molecule has 1 aromatic carbocycles. The third kappa shape index (κ3) is 3.26. The van der Waals surface area contributed by atoms with Gasteiger partial charge in [0.1, 0.15) is 13.2 Å². The Balaban J connectivity index is 1.76. The highest BCUT2D eigenvalue weighted by Crippen LogP contribution is 2.35. The van der Waals surface area contributed by atoms with Gasteiger partial charge in [-0.05, 0) is 37.4 Å². The molecular formula is C17H26N2O2. The molecule has 1 unspecified atom stereocenters. The molecule has 2 aliphatic rings. The van der Waals surface area contributed by atoms with Crippen molar-refractivity contribution >= 4 is 5.69 Å². The quantitative estimate of drug-likeness (QED) is 0.865. The summed E-state index contributed by atoms with van der Waals surface area (Å²) < 4.78 is 11.3. The molecule has 116 valence electrons. The number of benzene rings is 1. The fourth-order valence-corrected chi connectivity index (χ4v) is 3.43. The van der Waals surface area contributed by atoms with Crippen LogP contribution in [0.4, 0.5) is 5.69 Å². The molecule has 0 aliphatic carbocycles. The minimum atomic E-state index is 0.608. The first-order valence-corrected chi connectivity index (χ1v) is 8.20. The van der Waals surface area contributed by atoms with E-state index in [1.54, 1.807) is 0 Å². The number of rotatable bonds is 4. The number of hydrogen-bond donors (Lipinski definition) is 1. The molecule has 21 heavy (non-hydrogen) atoms. The number of anilines is 1. The van der Waals surface area contributed by atoms with Crippen molar-refractivity contribution in [3.05, 3.63) is 17.7 Å². The van der Waals surface area contributed by atoms with Crippen molar-refractivity contribution in [3.63, 3.8) is 0 Å². The zero-order chi connectivity index (χ0) is 14.7. The summed E-state index contributed by atoms with van der Waals surface area (Å²) in [4.78, 5) is 2.59. The molecule has 2 aliphatic heterocycles. The lowest BCUT2D eigenvalue weighted by Gasteiger charge is -2.36. The first-order valence-electron chi connectivity index (χ1n) is 8.20. The van der Waals surface area contributed by atoms with Crippen molar-refractivity contribution in [1.29, 1.82) is 0 Å². The van der Waals surface area contributed by atoms with Crippen LogP contribution in [0.2, 0.25) is 0 Å². The Morgan fingerprint density at radius 1 is 1.19 bits per heavy atom. The maximum absolute atomic E-state index is 6.22. The van der Waals surface area contributed by atoms with E-state index in [0.29, 0.717) is 19.3 Å². The van der Waals surface area contributed by atoms with Crippen molar-refractivity contribution in [2.45, 2.75) is 51.6 Å². The second-order valence-electron chi connectivity index (χ2n) is 6.10. The summed E-state index contributed by atoms with van der Waals surface area (Å²) in [6, 6.07) is 4.70. The normalized spacial score (nSPS) is 22.2. The molecule has 4 heteroatoms. The summed E-state index contributed by atoms with van der Waals surface area (Å²) in [5, 5.41) is 0. The fourth-order valence-electron chi connectivity index (χ4n) is 3.43. The van der Waals surface area contributed by atoms with Gasteiger partial charge in [0.25, 0.3) is 0 Å². The summed E-state index contributed by atoms with van der Waals surface area (Å²) in [7, 11) is 0. The van der Waals surface area contributed by atoms with Gasteiger partial charge in [-0.1, -0.05) is 19.8 Å². The van der Waals surface area contributed by atoms with Crippen LogP contribution in [0, 0.1) is 0 Å². The molecule has 2 N–H and O–H groups in total. The van der Waals surface area contributed by atoms with Crippen LogP contribution in [0.1, 0.15) is 44.6 Å². The molecule has 1 saturated heterocycles. The van der Waals surface area contributed by atoms with Gasteiger partial charge in [-0.3, -0.25) is 4.90 Å². The molecule has 4 nitrogen and oxygen atoms in total. The second kappa shape index (κ2) is 6.56. The second-order valence-corrected chi connectivity index (χ2v) is 6.10. The molecule has 3 rings (SSSR count). The van der Waals surface area contributed by atoms with Gasteiger partial charge in [0.05, 0.1) is 0 Å². The molecule has 0 saturated carbocycles. The average molecular weight is 290 g/mol. The predicted octanol–water partition coefficient (Wildman–Crippen LogP) is 3.19. The first kappa shape index (κ1) is 14.5. The van der Waals surface area contributed by atoms with Gasteiger partial charge < -0.3 is 15.2 Å². The molecule has 0 spiro atoms. The fraction of sp³-hybridized carbons (Fsp3) is 0.647. The summed E-state index contributed by atoms with van der Waals surface area (Å²) in [5.41, 5.74) is 8.21. The van der Waals surface area contributed by atoms with E-state index in [-0.39, 0.29) is 0 Å². The van der Waals surface area contributed by atoms with Crippen molar-refractivity contribution < 1.29 is 9.47 Å². The van der Waals surface area contributed by atoms with E-state index in [2.05, 4.69) is 17.9 Å². The van der Waals surface area contributed by atoms with Crippen molar-refractivity contribution in [2.75, 3.05) is 25.5 Å². The number of ether oxygens (including phenoxy) is 2. The molecular weight excluding hydrogens is 264 g/mol. The Bertz CT molecular complexity index is 488. The van der Waals surface area contributed by atoms with Gasteiger partial charge >= 0.3 is 0 Å². The van der Waals surface area contributed by atoms with E-state index >= 15 is 0 Å². The molecule has 0 radical (unpaired) electrons. The van der Waals surface area contributed by atoms with Crippen LogP contribution in [0.25, 0.3) is 0 Å². The van der Waals surface area contributed by atoms with Gasteiger partial charge in [0.2, 0.25) is 0 Å². The molecule has 0 aromatic heterocycles. The van der Waals surface area contributed by atoms with Crippen molar-refractivity contribution in [2.24, 2.45) is 0 Å². The minimum absolute atomic E-state index is 0.608. The van der Waals surface area contributed by atoms with Crippen LogP contribution in [0.15, 0.2) is 12.1 Å². The van der Waals surface area contributed by atoms with Crippen molar-refractivity contribution in [3.8, 4) is 11.5 Å². The number of likely N-dealkylation sites (tertiary alicyclic amines) is 1. The van der Waals surface area contributed by atoms with Crippen LogP contribution in [-0.2, 0) is 6.54 Å². The topological polar surface area (TPSA) is 47.7 Å². The Labute approximate surface area is 127 Å². The summed E-state index contributed by atoms with van der Waals surface area (Å²) in [5.74, 6) is 1.63. The minimum Gasteiger partial charge on any atom is -0.486 e. The Morgan fingerprint density at radius 2 is 1.95 bits per heavy atom. The highest BCUT2D eigenvalue weighted by atomic mass is 16.6. The van der Waals surface area contributed by atoms with Crippen molar-refractivity contribution in [1.82, 2.24) is 4.90 Å². The predicted molar refractivity (Wildman–Crippen MR) is 84.8 cm³/mol. The summed E-state index contributed by atoms with van der Waals surface area (Å²) in [6.07, 6.45) is 6.50. The standard InChI is InChI=1S/C17H26N2O2/c1-2-5-14-6-3-4-7-19(14)12-13-10-16-17(11-15(13)18)21-9-8-20-16/h10-11,14H,2-9,12,18H2,1H3. The Morgan fingerprint density at radius 3 is 2.71 bits per heavy atom. The Hall–Kier alpha value is -1.42. The first-order chi connectivity index (χ1) is 10.3. The third-order valence-corrected chi connectivity index (χ3v) is 4.55. The molecule has 0 bridgehead atoms. The molecule has 1 fully saturated rings. The zero-order valence-corrected chi connectivity index (χ0v) is 12.9. The van der Waals surface area contributed by atoms with Gasteiger partial charge in [0, 0.05) is 24.3 Å². The molecule has 2 heterocycles. The number of nitrogens with two attached hydrogens (primary N) is 1. The highest BCUT2D eigenvalue weighted by Gasteiger charge is 2.23. The maximum Gasteiger partial charge on any atom is 0.163 e. The molecule has 0 amide bonds. The van der Waals surface area contributed by atoms with E-state index < -0.39 is 0 Å². The number of nitrogen functional groups attached to an aromatic ring is 1. The maximum atomic E-state index is 6.22. The third-order valence-electron chi connectivity index (χ3n) is 4.55. The largest absolute Gasteiger partial charge is 0.486 e. The number of piperidine rings is 1. The van der Waals surface area contributed by atoms with Gasteiger partial charge in [-0.25, -0.2) is 0 Å². The number of fused-ring (bicyclic) bond motifs is 1. The van der Waals surface area contributed by atoms with Crippen LogP contribution in [0.5, 0.6) is 11.5 Å². The zero-order valence-electron chi connectivity index (χ0n) is 12.9. The SMILES string of the molecule is CCCC1CCCCN1Cc1cc2c(cc1N)OCCO2. The molecule has 1 aromatic rings. The van der Waals surface area contributed by atoms with E-state index in [0.717, 1.165) is 23.7 Å². The summed E-state index contributed by atoms with van der Waals surface area (Å²) >= 11 is 0. The lowest BCUT2D eigenvalue weighted by Crippen LogP contribution is -2.39. The van der Waals surface area contributed by atoms with Crippen LogP contribution >= 0.6 is 0 Å². The van der Waals surface area contributed by atoms with E-state index in [4.69, 9.17) is 15.2 Å². The Kier molecular flexibility index (Phi) is 4.54. The van der Waals surface area contributed by atoms with E-state index in [1.807, 2.05) is 6.07 Å². The summed E-state index contributed by atoms with van der Waals surface area (Å²) in [6.45, 7) is 5.60. The van der Waals surface area contributed by atoms with E-state index in [9.17, 15) is 0 Å². The van der Waals surface area contributed by atoms with Crippen LogP contribution < -0.4 is 15.2 Å². The highest BCUT2D eigenvalue weighted by molar-refractivity contribution is 5.58. The number of hydrogen-bond acceptors (Lipinski definition) is 4. The van der Waals surface area contributed by atoms with Gasteiger partial charge in [0.15, 0.2) is 11.5 Å². The van der Waals surface area contributed by atoms with E-state index in [1.165, 1.54) is 44.2 Å². The van der Waals surface area contributed by atoms with Gasteiger partial charge in [-0.15, -0.1) is 0 Å². The smallest absolute Gasteiger partial charge is 0.163 e. The average Bonchev–Trinajstić information content (AvgIpc) is 2.50. The lowest BCUT2D eigenvalue weighted by molar-refractivity contribution is 0.131.